The zero-order valence-corrected chi connectivity index (χ0v) is 18.1. The van der Waals surface area contributed by atoms with Gasteiger partial charge in [-0.15, -0.1) is 0 Å². The molecule has 174 valence electrons. The van der Waals surface area contributed by atoms with Crippen molar-refractivity contribution in [2.45, 2.75) is 38.1 Å². The largest absolute Gasteiger partial charge is 0.391 e. The zero-order valence-electron chi connectivity index (χ0n) is 18.1. The van der Waals surface area contributed by atoms with Crippen LogP contribution < -0.4 is 21.8 Å². The third kappa shape index (κ3) is 7.41. The van der Waals surface area contributed by atoms with E-state index in [0.29, 0.717) is 16.8 Å². The molecule has 0 aromatic heterocycles. The molecule has 0 saturated heterocycles. The minimum atomic E-state index is -1.31. The van der Waals surface area contributed by atoms with E-state index in [1.165, 1.54) is 31.5 Å². The first-order valence-electron chi connectivity index (χ1n) is 10.0. The molecule has 0 fully saturated rings. The third-order valence-electron chi connectivity index (χ3n) is 4.63. The molecule has 3 amide bonds. The van der Waals surface area contributed by atoms with E-state index in [2.05, 4.69) is 22.5 Å². The van der Waals surface area contributed by atoms with Gasteiger partial charge in [-0.3, -0.25) is 19.6 Å². The van der Waals surface area contributed by atoms with Gasteiger partial charge >= 0.3 is 0 Å². The number of hydrogen-bond acceptors (Lipinski definition) is 7. The number of benzene rings is 2. The number of aliphatic hydroxyl groups is 2. The second-order valence-electron chi connectivity index (χ2n) is 7.33. The minimum absolute atomic E-state index is 0.243. The van der Waals surface area contributed by atoms with Crippen LogP contribution in [0.2, 0.25) is 0 Å². The number of nitrogens with two attached hydrogens (primary N) is 1. The van der Waals surface area contributed by atoms with Gasteiger partial charge in [0.15, 0.2) is 0 Å². The van der Waals surface area contributed by atoms with Crippen molar-refractivity contribution in [3.05, 3.63) is 65.2 Å². The van der Waals surface area contributed by atoms with Gasteiger partial charge in [-0.2, -0.15) is 0 Å². The topological polar surface area (TPSA) is 174 Å². The summed E-state index contributed by atoms with van der Waals surface area (Å²) in [6, 6.07) is 10.7. The molecule has 0 aliphatic rings. The van der Waals surface area contributed by atoms with Crippen LogP contribution in [0.15, 0.2) is 48.5 Å². The molecule has 0 spiro atoms. The van der Waals surface area contributed by atoms with Crippen LogP contribution in [0.5, 0.6) is 0 Å². The molecular weight excluding hydrogens is 428 g/mol. The fourth-order valence-electron chi connectivity index (χ4n) is 2.63. The van der Waals surface area contributed by atoms with Crippen LogP contribution in [0.1, 0.15) is 35.3 Å². The molecular formula is C23H26N4O6. The first-order chi connectivity index (χ1) is 15.6. The predicted octanol–water partition coefficient (Wildman–Crippen LogP) is -0.282. The molecule has 2 aromatic rings. The minimum Gasteiger partial charge on any atom is -0.391 e. The molecule has 4 atom stereocenters. The van der Waals surface area contributed by atoms with Crippen molar-refractivity contribution in [2.24, 2.45) is 5.73 Å². The maximum atomic E-state index is 12.3. The fraction of sp³-hybridized carbons (Fsp3) is 0.261. The number of nitrogens with one attached hydrogen (secondary N) is 3. The molecule has 0 aliphatic heterocycles. The normalized spacial score (nSPS) is 14.0. The van der Waals surface area contributed by atoms with E-state index in [0.717, 1.165) is 0 Å². The summed E-state index contributed by atoms with van der Waals surface area (Å²) in [4.78, 5) is 35.7. The van der Waals surface area contributed by atoms with Gasteiger partial charge in [0.05, 0.1) is 12.2 Å². The highest BCUT2D eigenvalue weighted by molar-refractivity contribution is 5.97. The van der Waals surface area contributed by atoms with Gasteiger partial charge in [0.2, 0.25) is 5.91 Å². The van der Waals surface area contributed by atoms with Gasteiger partial charge in [-0.05, 0) is 62.4 Å². The number of rotatable bonds is 7. The Hall–Kier alpha value is -3.75. The van der Waals surface area contributed by atoms with Crippen molar-refractivity contribution in [3.63, 3.8) is 0 Å². The van der Waals surface area contributed by atoms with E-state index in [-0.39, 0.29) is 5.56 Å². The summed E-state index contributed by atoms with van der Waals surface area (Å²) in [7, 11) is 0. The first-order valence-corrected chi connectivity index (χ1v) is 10.0. The van der Waals surface area contributed by atoms with Gasteiger partial charge in [0.25, 0.3) is 11.8 Å². The van der Waals surface area contributed by atoms with Crippen LogP contribution in [-0.4, -0.2) is 57.4 Å². The summed E-state index contributed by atoms with van der Waals surface area (Å²) < 4.78 is 0. The second kappa shape index (κ2) is 11.8. The second-order valence-corrected chi connectivity index (χ2v) is 7.33. The summed E-state index contributed by atoms with van der Waals surface area (Å²) in [6.45, 7) is 2.74. The Morgan fingerprint density at radius 3 is 1.82 bits per heavy atom. The molecule has 33 heavy (non-hydrogen) atoms. The smallest absolute Gasteiger partial charge is 0.268 e. The maximum absolute atomic E-state index is 12.3. The summed E-state index contributed by atoms with van der Waals surface area (Å²) >= 11 is 0. The Bertz CT molecular complexity index is 1040. The molecule has 10 heteroatoms. The van der Waals surface area contributed by atoms with Crippen LogP contribution in [0.4, 0.5) is 5.69 Å². The molecule has 0 heterocycles. The maximum Gasteiger partial charge on any atom is 0.268 e. The van der Waals surface area contributed by atoms with Gasteiger partial charge in [-0.25, -0.2) is 5.48 Å². The van der Waals surface area contributed by atoms with Crippen LogP contribution in [0.3, 0.4) is 0 Å². The van der Waals surface area contributed by atoms with Crippen LogP contribution >= 0.6 is 0 Å². The Balaban J connectivity index is 2.02. The highest BCUT2D eigenvalue weighted by Gasteiger charge is 2.25. The molecule has 0 aliphatic carbocycles. The van der Waals surface area contributed by atoms with E-state index in [1.807, 2.05) is 0 Å². The Labute approximate surface area is 190 Å². The molecule has 2 rings (SSSR count). The molecule has 10 nitrogen and oxygen atoms in total. The van der Waals surface area contributed by atoms with Crippen molar-refractivity contribution in [2.75, 3.05) is 5.32 Å². The molecule has 0 radical (unpaired) electrons. The van der Waals surface area contributed by atoms with Crippen LogP contribution in [-0.2, 0) is 9.59 Å². The summed E-state index contributed by atoms with van der Waals surface area (Å²) in [5.74, 6) is 3.88. The molecule has 0 unspecified atom stereocenters. The van der Waals surface area contributed by atoms with Crippen molar-refractivity contribution in [3.8, 4) is 11.8 Å². The van der Waals surface area contributed by atoms with E-state index in [9.17, 15) is 24.6 Å². The highest BCUT2D eigenvalue weighted by atomic mass is 16.5. The molecule has 0 bridgehead atoms. The van der Waals surface area contributed by atoms with E-state index < -0.39 is 42.0 Å². The van der Waals surface area contributed by atoms with E-state index in [4.69, 9.17) is 10.9 Å². The number of aliphatic hydroxyl groups excluding tert-OH is 2. The predicted molar refractivity (Wildman–Crippen MR) is 120 cm³/mol. The highest BCUT2D eigenvalue weighted by Crippen LogP contribution is 2.10. The van der Waals surface area contributed by atoms with Gasteiger partial charge in [0, 0.05) is 22.4 Å². The summed E-state index contributed by atoms with van der Waals surface area (Å²) in [6.07, 6.45) is -2.17. The lowest BCUT2D eigenvalue weighted by atomic mass is 10.1. The number of amides is 3. The number of hydroxylamine groups is 1. The summed E-state index contributed by atoms with van der Waals surface area (Å²) in [5.41, 5.74) is 9.06. The van der Waals surface area contributed by atoms with Crippen molar-refractivity contribution < 1.29 is 29.8 Å². The van der Waals surface area contributed by atoms with Crippen molar-refractivity contribution in [1.82, 2.24) is 10.8 Å². The monoisotopic (exact) mass is 454 g/mol. The van der Waals surface area contributed by atoms with Crippen LogP contribution in [0, 0.1) is 11.8 Å². The third-order valence-corrected chi connectivity index (χ3v) is 4.63. The standard InChI is InChI=1S/C23H26N4O6/c1-13(28)19(24)22(31)25-18-11-7-16(8-12-18)4-3-15-5-9-17(10-6-15)21(30)26-20(14(2)29)23(32)27-33/h5-14,19-20,28-29,33H,24H2,1-2H3,(H,25,31)(H,26,30)(H,27,32)/t13-,14-,19+,20+/m1/s1. The average Bonchev–Trinajstić information content (AvgIpc) is 2.80. The number of hydrogen-bond donors (Lipinski definition) is 7. The molecule has 2 aromatic carbocycles. The van der Waals surface area contributed by atoms with Gasteiger partial charge in [0.1, 0.15) is 12.1 Å². The lowest BCUT2D eigenvalue weighted by molar-refractivity contribution is -0.133. The quantitative estimate of drug-likeness (QED) is 0.171. The fourth-order valence-corrected chi connectivity index (χ4v) is 2.63. The number of carbonyl (C=O) groups is 3. The van der Waals surface area contributed by atoms with Crippen molar-refractivity contribution >= 4 is 23.4 Å². The molecule has 8 N–H and O–H groups in total. The molecule has 0 saturated carbocycles. The van der Waals surface area contributed by atoms with Gasteiger partial charge in [-0.1, -0.05) is 11.8 Å². The lowest BCUT2D eigenvalue weighted by Crippen LogP contribution is -2.51. The van der Waals surface area contributed by atoms with Crippen molar-refractivity contribution in [1.29, 1.82) is 0 Å². The lowest BCUT2D eigenvalue weighted by Gasteiger charge is -2.19. The number of anilines is 1. The van der Waals surface area contributed by atoms with E-state index >= 15 is 0 Å². The Morgan fingerprint density at radius 1 is 0.848 bits per heavy atom. The van der Waals surface area contributed by atoms with E-state index in [1.54, 1.807) is 36.4 Å². The Kier molecular flexibility index (Phi) is 9.08. The van der Waals surface area contributed by atoms with Crippen LogP contribution in [0.25, 0.3) is 0 Å². The average molecular weight is 454 g/mol. The first kappa shape index (κ1) is 25.5. The summed E-state index contributed by atoms with van der Waals surface area (Å²) in [5, 5.41) is 32.6. The Morgan fingerprint density at radius 2 is 1.36 bits per heavy atom. The SMILES string of the molecule is C[C@@H](O)[C@H](N)C(=O)Nc1ccc(C#Cc2ccc(C(=O)N[C@H](C(=O)NO)[C@@H](C)O)cc2)cc1. The number of carbonyl (C=O) groups excluding carboxylic acids is 3. The zero-order chi connectivity index (χ0) is 24.5. The van der Waals surface area contributed by atoms with Gasteiger partial charge < -0.3 is 26.6 Å².